The lowest BCUT2D eigenvalue weighted by atomic mass is 9.98. The number of carboxylic acids is 1. The molecule has 2 N–H and O–H groups in total. The van der Waals surface area contributed by atoms with Crippen LogP contribution in [0.4, 0.5) is 0 Å². The van der Waals surface area contributed by atoms with Gasteiger partial charge in [0.2, 0.25) is 5.91 Å². The van der Waals surface area contributed by atoms with Crippen molar-refractivity contribution in [2.75, 3.05) is 0 Å². The molecule has 28 heavy (non-hydrogen) atoms. The van der Waals surface area contributed by atoms with Crippen LogP contribution >= 0.6 is 0 Å². The van der Waals surface area contributed by atoms with Gasteiger partial charge in [0.1, 0.15) is 11.4 Å². The molecule has 3 rings (SSSR count). The standard InChI is InChI=1S/C23H31NO4/c25-22(15-12-17-6-4-5-7-17)24-21(23(26)27)16-18-10-13-20(14-11-18)28-19-8-2-1-3-9-19/h10-11,13-14,16-17,19H,1-9,12,15H2,(H,24,25)(H,26,27)/b21-16+. The predicted molar refractivity (Wildman–Crippen MR) is 109 cm³/mol. The average molecular weight is 386 g/mol. The summed E-state index contributed by atoms with van der Waals surface area (Å²) in [6, 6.07) is 7.38. The highest BCUT2D eigenvalue weighted by Gasteiger charge is 2.18. The molecular formula is C23H31NO4. The van der Waals surface area contributed by atoms with Crippen molar-refractivity contribution in [1.29, 1.82) is 0 Å². The minimum absolute atomic E-state index is 0.0858. The molecule has 0 bridgehead atoms. The van der Waals surface area contributed by atoms with E-state index in [1.165, 1.54) is 51.0 Å². The van der Waals surface area contributed by atoms with E-state index in [0.717, 1.165) is 30.6 Å². The average Bonchev–Trinajstić information content (AvgIpc) is 3.22. The van der Waals surface area contributed by atoms with E-state index in [4.69, 9.17) is 4.74 Å². The Labute approximate surface area is 167 Å². The first-order valence-electron chi connectivity index (χ1n) is 10.6. The molecule has 2 fully saturated rings. The minimum atomic E-state index is -1.13. The Morgan fingerprint density at radius 1 is 1.00 bits per heavy atom. The molecule has 2 saturated carbocycles. The smallest absolute Gasteiger partial charge is 0.352 e. The Kier molecular flexibility index (Phi) is 7.52. The number of carbonyl (C=O) groups is 2. The normalized spacial score (nSPS) is 18.8. The van der Waals surface area contributed by atoms with Crippen molar-refractivity contribution in [1.82, 2.24) is 5.32 Å². The predicted octanol–water partition coefficient (Wildman–Crippen LogP) is 4.91. The van der Waals surface area contributed by atoms with Crippen molar-refractivity contribution in [3.63, 3.8) is 0 Å². The summed E-state index contributed by atoms with van der Waals surface area (Å²) in [5.41, 5.74) is 0.641. The number of amides is 1. The van der Waals surface area contributed by atoms with Gasteiger partial charge in [-0.3, -0.25) is 4.79 Å². The van der Waals surface area contributed by atoms with E-state index in [1.807, 2.05) is 24.3 Å². The number of nitrogens with one attached hydrogen (secondary N) is 1. The van der Waals surface area contributed by atoms with Crippen LogP contribution in [0.1, 0.15) is 76.2 Å². The van der Waals surface area contributed by atoms with Crippen LogP contribution in [0, 0.1) is 5.92 Å². The van der Waals surface area contributed by atoms with Crippen LogP contribution in [0.15, 0.2) is 30.0 Å². The molecule has 0 atom stereocenters. The Balaban J connectivity index is 1.54. The summed E-state index contributed by atoms with van der Waals surface area (Å²) >= 11 is 0. The highest BCUT2D eigenvalue weighted by Crippen LogP contribution is 2.28. The molecule has 5 heteroatoms. The van der Waals surface area contributed by atoms with Crippen molar-refractivity contribution >= 4 is 18.0 Å². The first kappa shape index (κ1) is 20.4. The monoisotopic (exact) mass is 385 g/mol. The van der Waals surface area contributed by atoms with Crippen LogP contribution in [0.25, 0.3) is 6.08 Å². The minimum Gasteiger partial charge on any atom is -0.490 e. The van der Waals surface area contributed by atoms with E-state index in [-0.39, 0.29) is 17.7 Å². The molecule has 0 heterocycles. The van der Waals surface area contributed by atoms with Crippen LogP contribution in [0.5, 0.6) is 5.75 Å². The van der Waals surface area contributed by atoms with Crippen molar-refractivity contribution < 1.29 is 19.4 Å². The molecule has 1 aromatic rings. The third-order valence-corrected chi connectivity index (χ3v) is 5.80. The summed E-state index contributed by atoms with van der Waals surface area (Å²) in [5, 5.41) is 12.0. The van der Waals surface area contributed by atoms with Crippen LogP contribution in [0.2, 0.25) is 0 Å². The third-order valence-electron chi connectivity index (χ3n) is 5.80. The molecule has 152 valence electrons. The van der Waals surface area contributed by atoms with Gasteiger partial charge in [0.05, 0.1) is 6.10 Å². The summed E-state index contributed by atoms with van der Waals surface area (Å²) in [6.07, 6.45) is 13.8. The lowest BCUT2D eigenvalue weighted by Crippen LogP contribution is -2.27. The number of rotatable bonds is 8. The largest absolute Gasteiger partial charge is 0.490 e. The van der Waals surface area contributed by atoms with Gasteiger partial charge >= 0.3 is 5.97 Å². The van der Waals surface area contributed by atoms with Crippen LogP contribution in [0.3, 0.4) is 0 Å². The molecule has 0 unspecified atom stereocenters. The van der Waals surface area contributed by atoms with Crippen molar-refractivity contribution in [2.24, 2.45) is 5.92 Å². The van der Waals surface area contributed by atoms with E-state index >= 15 is 0 Å². The molecule has 0 spiro atoms. The van der Waals surface area contributed by atoms with Gasteiger partial charge in [-0.05, 0) is 61.8 Å². The SMILES string of the molecule is O=C(CCC1CCCC1)N/C(=C/c1ccc(OC2CCCCC2)cc1)C(=O)O. The fourth-order valence-corrected chi connectivity index (χ4v) is 4.18. The lowest BCUT2D eigenvalue weighted by molar-refractivity contribution is -0.134. The number of benzene rings is 1. The summed E-state index contributed by atoms with van der Waals surface area (Å²) in [7, 11) is 0. The zero-order valence-electron chi connectivity index (χ0n) is 16.5. The Morgan fingerprint density at radius 3 is 2.29 bits per heavy atom. The van der Waals surface area contributed by atoms with Gasteiger partial charge in [-0.15, -0.1) is 0 Å². The zero-order valence-corrected chi connectivity index (χ0v) is 16.5. The van der Waals surface area contributed by atoms with Crippen molar-refractivity contribution in [3.05, 3.63) is 35.5 Å². The number of hydrogen-bond acceptors (Lipinski definition) is 3. The Hall–Kier alpha value is -2.30. The number of carboxylic acid groups (broad SMARTS) is 1. The molecular weight excluding hydrogens is 354 g/mol. The maximum Gasteiger partial charge on any atom is 0.352 e. The molecule has 0 aliphatic heterocycles. The molecule has 0 saturated heterocycles. The quantitative estimate of drug-likeness (QED) is 0.624. The Morgan fingerprint density at radius 2 is 1.64 bits per heavy atom. The maximum atomic E-state index is 12.1. The first-order valence-corrected chi connectivity index (χ1v) is 10.6. The van der Waals surface area contributed by atoms with Gasteiger partial charge in [-0.25, -0.2) is 4.79 Å². The van der Waals surface area contributed by atoms with Gasteiger partial charge in [-0.2, -0.15) is 0 Å². The van der Waals surface area contributed by atoms with Crippen LogP contribution in [-0.2, 0) is 9.59 Å². The van der Waals surface area contributed by atoms with E-state index in [2.05, 4.69) is 5.32 Å². The molecule has 2 aliphatic carbocycles. The van der Waals surface area contributed by atoms with Gasteiger partial charge in [0, 0.05) is 6.42 Å². The summed E-state index contributed by atoms with van der Waals surface area (Å²) < 4.78 is 6.00. The summed E-state index contributed by atoms with van der Waals surface area (Å²) in [6.45, 7) is 0. The maximum absolute atomic E-state index is 12.1. The fourth-order valence-electron chi connectivity index (χ4n) is 4.18. The van der Waals surface area contributed by atoms with Gasteiger partial charge < -0.3 is 15.2 Å². The number of aliphatic carboxylic acids is 1. The molecule has 1 amide bonds. The number of hydrogen-bond donors (Lipinski definition) is 2. The summed E-state index contributed by atoms with van der Waals surface area (Å²) in [5.74, 6) is 0.0655. The van der Waals surface area contributed by atoms with E-state index in [1.54, 1.807) is 0 Å². The molecule has 0 aromatic heterocycles. The molecule has 0 radical (unpaired) electrons. The fraction of sp³-hybridized carbons (Fsp3) is 0.565. The molecule has 1 aromatic carbocycles. The molecule has 5 nitrogen and oxygen atoms in total. The number of carbonyl (C=O) groups excluding carboxylic acids is 1. The second kappa shape index (κ2) is 10.3. The van der Waals surface area contributed by atoms with E-state index in [0.29, 0.717) is 12.3 Å². The highest BCUT2D eigenvalue weighted by molar-refractivity contribution is 5.96. The Bertz CT molecular complexity index is 683. The van der Waals surface area contributed by atoms with Gasteiger partial charge in [-0.1, -0.05) is 44.2 Å². The van der Waals surface area contributed by atoms with E-state index < -0.39 is 5.97 Å². The second-order valence-electron chi connectivity index (χ2n) is 8.05. The van der Waals surface area contributed by atoms with E-state index in [9.17, 15) is 14.7 Å². The summed E-state index contributed by atoms with van der Waals surface area (Å²) in [4.78, 5) is 23.7. The topological polar surface area (TPSA) is 75.6 Å². The third kappa shape index (κ3) is 6.39. The van der Waals surface area contributed by atoms with Gasteiger partial charge in [0.15, 0.2) is 0 Å². The van der Waals surface area contributed by atoms with Crippen LogP contribution < -0.4 is 10.1 Å². The zero-order chi connectivity index (χ0) is 19.8. The van der Waals surface area contributed by atoms with Crippen molar-refractivity contribution in [2.45, 2.75) is 76.7 Å². The van der Waals surface area contributed by atoms with Crippen LogP contribution in [-0.4, -0.2) is 23.1 Å². The van der Waals surface area contributed by atoms with Gasteiger partial charge in [0.25, 0.3) is 0 Å². The second-order valence-corrected chi connectivity index (χ2v) is 8.05. The molecule has 2 aliphatic rings. The lowest BCUT2D eigenvalue weighted by Gasteiger charge is -2.23. The highest BCUT2D eigenvalue weighted by atomic mass is 16.5. The number of ether oxygens (including phenoxy) is 1. The first-order chi connectivity index (χ1) is 13.6. The van der Waals surface area contributed by atoms with Crippen molar-refractivity contribution in [3.8, 4) is 5.75 Å².